The highest BCUT2D eigenvalue weighted by atomic mass is 19.4. The van der Waals surface area contributed by atoms with Crippen molar-refractivity contribution in [2.24, 2.45) is 0 Å². The minimum atomic E-state index is -4.33. The molecule has 1 saturated heterocycles. The van der Waals surface area contributed by atoms with Crippen molar-refractivity contribution in [2.45, 2.75) is 32.0 Å². The minimum absolute atomic E-state index is 0.0954. The van der Waals surface area contributed by atoms with E-state index in [0.717, 1.165) is 61.2 Å². The molecule has 0 bridgehead atoms. The summed E-state index contributed by atoms with van der Waals surface area (Å²) in [6.07, 6.45) is -1.39. The summed E-state index contributed by atoms with van der Waals surface area (Å²) in [5.74, 6) is 0. The monoisotopic (exact) mass is 374 g/mol. The van der Waals surface area contributed by atoms with Gasteiger partial charge in [-0.05, 0) is 59.7 Å². The predicted molar refractivity (Wildman–Crippen MR) is 97.2 cm³/mol. The first-order chi connectivity index (χ1) is 12.9. The van der Waals surface area contributed by atoms with Gasteiger partial charge >= 0.3 is 12.2 Å². The SMILES string of the molecule is O=C(N1CCCC1)N1CCc2ccc(-c3ccc(C(F)(F)F)cc3)cc2C1. The van der Waals surface area contributed by atoms with E-state index in [0.29, 0.717) is 13.1 Å². The maximum Gasteiger partial charge on any atom is 0.416 e. The Hall–Kier alpha value is -2.50. The highest BCUT2D eigenvalue weighted by Crippen LogP contribution is 2.32. The van der Waals surface area contributed by atoms with Crippen molar-refractivity contribution < 1.29 is 18.0 Å². The van der Waals surface area contributed by atoms with Gasteiger partial charge in [-0.3, -0.25) is 0 Å². The Morgan fingerprint density at radius 1 is 0.815 bits per heavy atom. The van der Waals surface area contributed by atoms with E-state index in [4.69, 9.17) is 0 Å². The number of rotatable bonds is 1. The van der Waals surface area contributed by atoms with Gasteiger partial charge in [0.25, 0.3) is 0 Å². The smallest absolute Gasteiger partial charge is 0.325 e. The van der Waals surface area contributed by atoms with Gasteiger partial charge in [0.2, 0.25) is 0 Å². The fourth-order valence-corrected chi connectivity index (χ4v) is 3.86. The number of halogens is 3. The lowest BCUT2D eigenvalue weighted by Gasteiger charge is -2.32. The Morgan fingerprint density at radius 2 is 1.48 bits per heavy atom. The molecule has 2 aromatic rings. The maximum absolute atomic E-state index is 12.8. The van der Waals surface area contributed by atoms with Gasteiger partial charge in [-0.15, -0.1) is 0 Å². The largest absolute Gasteiger partial charge is 0.416 e. The summed E-state index contributed by atoms with van der Waals surface area (Å²) in [7, 11) is 0. The van der Waals surface area contributed by atoms with E-state index in [-0.39, 0.29) is 6.03 Å². The van der Waals surface area contributed by atoms with Crippen LogP contribution >= 0.6 is 0 Å². The van der Waals surface area contributed by atoms with E-state index in [1.807, 2.05) is 28.0 Å². The van der Waals surface area contributed by atoms with Gasteiger partial charge in [-0.1, -0.05) is 24.3 Å². The molecule has 2 aliphatic rings. The predicted octanol–water partition coefficient (Wildman–Crippen LogP) is 4.95. The molecule has 0 spiro atoms. The van der Waals surface area contributed by atoms with Gasteiger partial charge in [0, 0.05) is 26.2 Å². The number of benzene rings is 2. The summed E-state index contributed by atoms with van der Waals surface area (Å²) in [4.78, 5) is 16.4. The molecule has 0 atom stereocenters. The zero-order valence-electron chi connectivity index (χ0n) is 14.9. The first kappa shape index (κ1) is 17.9. The molecule has 3 nitrogen and oxygen atoms in total. The van der Waals surface area contributed by atoms with Crippen LogP contribution in [0.4, 0.5) is 18.0 Å². The maximum atomic E-state index is 12.8. The van der Waals surface area contributed by atoms with E-state index in [1.165, 1.54) is 17.7 Å². The molecule has 0 aliphatic carbocycles. The van der Waals surface area contributed by atoms with Gasteiger partial charge in [-0.2, -0.15) is 13.2 Å². The van der Waals surface area contributed by atoms with Gasteiger partial charge in [-0.25, -0.2) is 4.79 Å². The molecule has 2 heterocycles. The van der Waals surface area contributed by atoms with Crippen LogP contribution in [0.3, 0.4) is 0 Å². The van der Waals surface area contributed by atoms with E-state index in [1.54, 1.807) is 0 Å². The van der Waals surface area contributed by atoms with Crippen molar-refractivity contribution >= 4 is 6.03 Å². The lowest BCUT2D eigenvalue weighted by atomic mass is 9.94. The molecule has 2 aromatic carbocycles. The Morgan fingerprint density at radius 3 is 2.15 bits per heavy atom. The second kappa shape index (κ2) is 6.91. The number of carbonyl (C=O) groups excluding carboxylic acids is 1. The molecule has 6 heteroatoms. The molecule has 0 saturated carbocycles. The second-order valence-electron chi connectivity index (χ2n) is 7.21. The van der Waals surface area contributed by atoms with Gasteiger partial charge in [0.05, 0.1) is 5.56 Å². The van der Waals surface area contributed by atoms with Crippen LogP contribution in [0.1, 0.15) is 29.5 Å². The number of hydrogen-bond donors (Lipinski definition) is 0. The number of amides is 2. The topological polar surface area (TPSA) is 23.6 Å². The molecular formula is C21H21F3N2O. The van der Waals surface area contributed by atoms with Crippen LogP contribution in [0.5, 0.6) is 0 Å². The lowest BCUT2D eigenvalue weighted by Crippen LogP contribution is -2.44. The summed E-state index contributed by atoms with van der Waals surface area (Å²) in [6, 6.07) is 11.3. The standard InChI is InChI=1S/C21H21F3N2O/c22-21(23,24)19-7-5-15(6-8-19)17-4-3-16-9-12-26(14-18(16)13-17)20(27)25-10-1-2-11-25/h3-8,13H,1-2,9-12,14H2. The van der Waals surface area contributed by atoms with Crippen molar-refractivity contribution in [3.05, 3.63) is 59.2 Å². The van der Waals surface area contributed by atoms with E-state index >= 15 is 0 Å². The van der Waals surface area contributed by atoms with Crippen LogP contribution in [-0.4, -0.2) is 35.5 Å². The average molecular weight is 374 g/mol. The molecule has 2 aliphatic heterocycles. The van der Waals surface area contributed by atoms with E-state index < -0.39 is 11.7 Å². The molecule has 2 amide bonds. The van der Waals surface area contributed by atoms with Crippen molar-refractivity contribution in [1.82, 2.24) is 9.80 Å². The van der Waals surface area contributed by atoms with Gasteiger partial charge < -0.3 is 9.80 Å². The zero-order chi connectivity index (χ0) is 19.0. The summed E-state index contributed by atoms with van der Waals surface area (Å²) in [5.41, 5.74) is 3.25. The first-order valence-electron chi connectivity index (χ1n) is 9.25. The second-order valence-corrected chi connectivity index (χ2v) is 7.21. The average Bonchev–Trinajstić information content (AvgIpc) is 3.21. The Bertz CT molecular complexity index is 839. The number of urea groups is 1. The number of hydrogen-bond acceptors (Lipinski definition) is 1. The molecule has 27 heavy (non-hydrogen) atoms. The van der Waals surface area contributed by atoms with E-state index in [2.05, 4.69) is 0 Å². The van der Waals surface area contributed by atoms with E-state index in [9.17, 15) is 18.0 Å². The normalized spacial score (nSPS) is 17.1. The Labute approximate surface area is 156 Å². The Balaban J connectivity index is 1.55. The first-order valence-corrected chi connectivity index (χ1v) is 9.25. The molecule has 0 N–H and O–H groups in total. The summed E-state index contributed by atoms with van der Waals surface area (Å²) < 4.78 is 38.3. The zero-order valence-corrected chi connectivity index (χ0v) is 14.9. The third kappa shape index (κ3) is 3.66. The van der Waals surface area contributed by atoms with Gasteiger partial charge in [0.15, 0.2) is 0 Å². The minimum Gasteiger partial charge on any atom is -0.325 e. The summed E-state index contributed by atoms with van der Waals surface area (Å²) >= 11 is 0. The van der Waals surface area contributed by atoms with Crippen LogP contribution in [0.15, 0.2) is 42.5 Å². The van der Waals surface area contributed by atoms with Crippen molar-refractivity contribution in [3.63, 3.8) is 0 Å². The molecule has 0 radical (unpaired) electrons. The molecule has 0 aromatic heterocycles. The molecule has 1 fully saturated rings. The summed E-state index contributed by atoms with van der Waals surface area (Å²) in [5, 5.41) is 0. The van der Waals surface area contributed by atoms with Crippen molar-refractivity contribution in [2.75, 3.05) is 19.6 Å². The van der Waals surface area contributed by atoms with Crippen molar-refractivity contribution in [1.29, 1.82) is 0 Å². The quantitative estimate of drug-likeness (QED) is 0.693. The third-order valence-electron chi connectivity index (χ3n) is 5.41. The fraction of sp³-hybridized carbons (Fsp3) is 0.381. The molecular weight excluding hydrogens is 353 g/mol. The van der Waals surface area contributed by atoms with Crippen LogP contribution in [-0.2, 0) is 19.1 Å². The summed E-state index contributed by atoms with van der Waals surface area (Å²) in [6.45, 7) is 2.92. The van der Waals surface area contributed by atoms with Crippen LogP contribution in [0, 0.1) is 0 Å². The van der Waals surface area contributed by atoms with Crippen molar-refractivity contribution in [3.8, 4) is 11.1 Å². The number of likely N-dealkylation sites (tertiary alicyclic amines) is 1. The van der Waals surface area contributed by atoms with Gasteiger partial charge in [0.1, 0.15) is 0 Å². The highest BCUT2D eigenvalue weighted by molar-refractivity contribution is 5.75. The fourth-order valence-electron chi connectivity index (χ4n) is 3.86. The highest BCUT2D eigenvalue weighted by Gasteiger charge is 2.30. The Kier molecular flexibility index (Phi) is 4.58. The molecule has 142 valence electrons. The number of fused-ring (bicyclic) bond motifs is 1. The number of nitrogens with zero attached hydrogens (tertiary/aromatic N) is 2. The van der Waals surface area contributed by atoms with Crippen LogP contribution < -0.4 is 0 Å². The third-order valence-corrected chi connectivity index (χ3v) is 5.41. The molecule has 0 unspecified atom stereocenters. The molecule has 4 rings (SSSR count). The van der Waals surface area contributed by atoms with Crippen LogP contribution in [0.2, 0.25) is 0 Å². The lowest BCUT2D eigenvalue weighted by molar-refractivity contribution is -0.137. The number of alkyl halides is 3. The number of carbonyl (C=O) groups is 1. The van der Waals surface area contributed by atoms with Crippen LogP contribution in [0.25, 0.3) is 11.1 Å².